The quantitative estimate of drug-likeness (QED) is 0.380. The summed E-state index contributed by atoms with van der Waals surface area (Å²) in [4.78, 5) is 84.4. The number of nitrogens with one attached hydrogen (secondary N) is 2. The van der Waals surface area contributed by atoms with E-state index in [-0.39, 0.29) is 30.6 Å². The van der Waals surface area contributed by atoms with Crippen molar-refractivity contribution in [3.05, 3.63) is 0 Å². The number of carbonyl (C=O) groups is 6. The Bertz CT molecular complexity index is 1090. The van der Waals surface area contributed by atoms with E-state index in [1.807, 2.05) is 13.8 Å². The second kappa shape index (κ2) is 17.5. The lowest BCUT2D eigenvalue weighted by molar-refractivity contribution is -0.152. The third-order valence-electron chi connectivity index (χ3n) is 8.51. The molecule has 0 unspecified atom stereocenters. The number of methoxy groups -OCH3 is 1. The number of hydrogen-bond donors (Lipinski definition) is 2. The molecule has 0 bridgehead atoms. The third-order valence-corrected chi connectivity index (χ3v) is 8.51. The van der Waals surface area contributed by atoms with Gasteiger partial charge in [-0.25, -0.2) is 4.79 Å². The minimum Gasteiger partial charge on any atom is -0.469 e. The maximum absolute atomic E-state index is 14.0. The Kier molecular flexibility index (Phi) is 14.8. The topological polar surface area (TPSA) is 155 Å². The molecule has 262 valence electrons. The van der Waals surface area contributed by atoms with Gasteiger partial charge in [0, 0.05) is 27.7 Å². The summed E-state index contributed by atoms with van der Waals surface area (Å²) in [5, 5.41) is 5.62. The van der Waals surface area contributed by atoms with Crippen LogP contribution in [-0.2, 0) is 33.4 Å². The second-order valence-electron chi connectivity index (χ2n) is 14.2. The van der Waals surface area contributed by atoms with Crippen LogP contribution in [-0.4, -0.2) is 115 Å². The summed E-state index contributed by atoms with van der Waals surface area (Å²) in [6.07, 6.45) is 5.12. The van der Waals surface area contributed by atoms with Crippen LogP contribution in [0.25, 0.3) is 0 Å². The molecule has 2 rings (SSSR count). The Labute approximate surface area is 274 Å². The highest BCUT2D eigenvalue weighted by atomic mass is 16.6. The number of rotatable bonds is 8. The monoisotopic (exact) mass is 651 g/mol. The first-order valence-electron chi connectivity index (χ1n) is 16.6. The van der Waals surface area contributed by atoms with E-state index in [0.29, 0.717) is 19.4 Å². The van der Waals surface area contributed by atoms with Crippen molar-refractivity contribution in [3.63, 3.8) is 0 Å². The number of carbonyl (C=O) groups excluding carboxylic acids is 6. The number of ether oxygens (including phenoxy) is 2. The van der Waals surface area contributed by atoms with Crippen LogP contribution < -0.4 is 10.6 Å². The fourth-order valence-corrected chi connectivity index (χ4v) is 5.69. The maximum Gasteiger partial charge on any atom is 0.408 e. The van der Waals surface area contributed by atoms with Gasteiger partial charge >= 0.3 is 12.1 Å². The Balaban J connectivity index is 2.40. The van der Waals surface area contributed by atoms with Gasteiger partial charge in [0.2, 0.25) is 23.6 Å². The smallest absolute Gasteiger partial charge is 0.408 e. The molecule has 1 saturated carbocycles. The standard InChI is InChI=1S/C33H57N5O8/c1-21(2)19-23-29(41)38(8)25(20-26(39)45-9)30(42)36(6)18-14-12-10-11-13-15-24(28(40)34-23)37(7)31(43)27(22-16-17-22)35-32(44)46-33(3,4)5/h21-25,27H,10-20H2,1-9H3,(H,34,40)(H,35,44)/t23-,24-,25-,27-/m0/s1. The molecule has 1 saturated heterocycles. The van der Waals surface area contributed by atoms with Gasteiger partial charge < -0.3 is 34.8 Å². The molecule has 4 atom stereocenters. The van der Waals surface area contributed by atoms with Crippen molar-refractivity contribution in [3.8, 4) is 0 Å². The summed E-state index contributed by atoms with van der Waals surface area (Å²) in [5.41, 5.74) is -0.739. The fourth-order valence-electron chi connectivity index (χ4n) is 5.69. The van der Waals surface area contributed by atoms with Gasteiger partial charge in [0.15, 0.2) is 0 Å². The molecule has 0 radical (unpaired) electrons. The number of nitrogens with zero attached hydrogens (tertiary/aromatic N) is 3. The molecule has 13 nitrogen and oxygen atoms in total. The van der Waals surface area contributed by atoms with Gasteiger partial charge in [-0.3, -0.25) is 24.0 Å². The minimum atomic E-state index is -1.11. The van der Waals surface area contributed by atoms with Crippen LogP contribution in [0.2, 0.25) is 0 Å². The first-order valence-corrected chi connectivity index (χ1v) is 16.6. The van der Waals surface area contributed by atoms with Gasteiger partial charge in [0.05, 0.1) is 13.5 Å². The maximum atomic E-state index is 14.0. The summed E-state index contributed by atoms with van der Waals surface area (Å²) in [6.45, 7) is 9.53. The average molecular weight is 652 g/mol. The Morgan fingerprint density at radius 3 is 2.15 bits per heavy atom. The van der Waals surface area contributed by atoms with Crippen molar-refractivity contribution in [1.29, 1.82) is 0 Å². The molecule has 2 N–H and O–H groups in total. The van der Waals surface area contributed by atoms with Gasteiger partial charge in [-0.1, -0.05) is 39.5 Å². The number of amides is 5. The van der Waals surface area contributed by atoms with E-state index in [0.717, 1.165) is 38.5 Å². The minimum absolute atomic E-state index is 0.000709. The normalized spacial score (nSPS) is 23.4. The van der Waals surface area contributed by atoms with Crippen LogP contribution in [0.15, 0.2) is 0 Å². The molecule has 2 fully saturated rings. The molecule has 0 aromatic rings. The van der Waals surface area contributed by atoms with Crippen LogP contribution in [0.1, 0.15) is 98.8 Å². The lowest BCUT2D eigenvalue weighted by atomic mass is 9.99. The predicted octanol–water partition coefficient (Wildman–Crippen LogP) is 2.85. The van der Waals surface area contributed by atoms with Crippen molar-refractivity contribution in [2.24, 2.45) is 11.8 Å². The highest BCUT2D eigenvalue weighted by Crippen LogP contribution is 2.34. The average Bonchev–Trinajstić information content (AvgIpc) is 3.81. The zero-order chi connectivity index (χ0) is 34.8. The summed E-state index contributed by atoms with van der Waals surface area (Å²) in [6, 6.07) is -3.85. The van der Waals surface area contributed by atoms with Crippen LogP contribution in [0.4, 0.5) is 4.79 Å². The molecule has 2 aliphatic rings. The van der Waals surface area contributed by atoms with Crippen molar-refractivity contribution in [2.75, 3.05) is 34.8 Å². The van der Waals surface area contributed by atoms with Crippen molar-refractivity contribution in [2.45, 2.75) is 129 Å². The SMILES string of the molecule is COC(=O)C[C@H]1C(=O)N(C)CCCCCCC[C@H](N(C)C(=O)[C@@H](NC(=O)OC(C)(C)C)C2CC2)C(=O)N[C@@H](CC(C)C)C(=O)N1C. The van der Waals surface area contributed by atoms with Gasteiger partial charge in [0.25, 0.3) is 0 Å². The molecule has 0 aromatic heterocycles. The van der Waals surface area contributed by atoms with Crippen LogP contribution in [0.5, 0.6) is 0 Å². The summed E-state index contributed by atoms with van der Waals surface area (Å²) in [7, 11) is 5.90. The zero-order valence-electron chi connectivity index (χ0n) is 29.3. The zero-order valence-corrected chi connectivity index (χ0v) is 29.3. The molecular weight excluding hydrogens is 594 g/mol. The lowest BCUT2D eigenvalue weighted by Crippen LogP contribution is -2.59. The van der Waals surface area contributed by atoms with Gasteiger partial charge in [-0.2, -0.15) is 0 Å². The van der Waals surface area contributed by atoms with E-state index < -0.39 is 59.6 Å². The van der Waals surface area contributed by atoms with E-state index in [4.69, 9.17) is 9.47 Å². The lowest BCUT2D eigenvalue weighted by Gasteiger charge is -2.35. The van der Waals surface area contributed by atoms with E-state index in [1.54, 1.807) is 34.9 Å². The highest BCUT2D eigenvalue weighted by Gasteiger charge is 2.43. The Morgan fingerprint density at radius 1 is 0.978 bits per heavy atom. The fraction of sp³-hybridized carbons (Fsp3) is 0.818. The number of esters is 1. The number of likely N-dealkylation sites (N-methyl/N-ethyl adjacent to an activating group) is 3. The first-order chi connectivity index (χ1) is 21.5. The van der Waals surface area contributed by atoms with Crippen LogP contribution in [0, 0.1) is 11.8 Å². The molecule has 1 aliphatic heterocycles. The van der Waals surface area contributed by atoms with Gasteiger partial charge in [-0.05, 0) is 64.7 Å². The number of hydrogen-bond acceptors (Lipinski definition) is 8. The second-order valence-corrected chi connectivity index (χ2v) is 14.2. The van der Waals surface area contributed by atoms with Gasteiger partial charge in [-0.15, -0.1) is 0 Å². The molecule has 0 aromatic carbocycles. The molecule has 1 aliphatic carbocycles. The molecular formula is C33H57N5O8. The Morgan fingerprint density at radius 2 is 1.59 bits per heavy atom. The molecule has 0 spiro atoms. The molecule has 1 heterocycles. The van der Waals surface area contributed by atoms with Gasteiger partial charge in [0.1, 0.15) is 29.8 Å². The molecule has 5 amide bonds. The Hall–Kier alpha value is -3.38. The van der Waals surface area contributed by atoms with Crippen LogP contribution >= 0.6 is 0 Å². The summed E-state index contributed by atoms with van der Waals surface area (Å²) >= 11 is 0. The van der Waals surface area contributed by atoms with Crippen molar-refractivity contribution < 1.29 is 38.2 Å². The number of alkyl carbamates (subject to hydrolysis) is 1. The molecule has 13 heteroatoms. The predicted molar refractivity (Wildman–Crippen MR) is 172 cm³/mol. The van der Waals surface area contributed by atoms with E-state index in [2.05, 4.69) is 10.6 Å². The summed E-state index contributed by atoms with van der Waals surface area (Å²) in [5.74, 6) is -2.46. The highest BCUT2D eigenvalue weighted by molar-refractivity contribution is 5.96. The molecule has 46 heavy (non-hydrogen) atoms. The third kappa shape index (κ3) is 12.1. The van der Waals surface area contributed by atoms with E-state index >= 15 is 0 Å². The summed E-state index contributed by atoms with van der Waals surface area (Å²) < 4.78 is 10.2. The van der Waals surface area contributed by atoms with E-state index in [1.165, 1.54) is 28.9 Å². The van der Waals surface area contributed by atoms with E-state index in [9.17, 15) is 28.8 Å². The largest absolute Gasteiger partial charge is 0.469 e. The van der Waals surface area contributed by atoms with Crippen LogP contribution in [0.3, 0.4) is 0 Å². The van der Waals surface area contributed by atoms with Crippen molar-refractivity contribution >= 4 is 35.7 Å². The first kappa shape index (κ1) is 38.8. The van der Waals surface area contributed by atoms with Crippen molar-refractivity contribution in [1.82, 2.24) is 25.3 Å².